The zero-order chi connectivity index (χ0) is 27.2. The topological polar surface area (TPSA) is 105 Å². The lowest BCUT2D eigenvalue weighted by atomic mass is 10.1. The van der Waals surface area contributed by atoms with Crippen molar-refractivity contribution in [2.75, 3.05) is 37.7 Å². The predicted molar refractivity (Wildman–Crippen MR) is 146 cm³/mol. The highest BCUT2D eigenvalue weighted by atomic mass is 32.2. The molecule has 0 aromatic heterocycles. The third-order valence-corrected chi connectivity index (χ3v) is 8.75. The predicted octanol–water partition coefficient (Wildman–Crippen LogP) is 2.75. The zero-order valence-corrected chi connectivity index (χ0v) is 22.3. The third-order valence-electron chi connectivity index (χ3n) is 6.84. The summed E-state index contributed by atoms with van der Waals surface area (Å²) in [5, 5.41) is 2.90. The van der Waals surface area contributed by atoms with Gasteiger partial charge in [0.1, 0.15) is 5.75 Å². The van der Waals surface area contributed by atoms with Gasteiger partial charge in [-0.1, -0.05) is 54.6 Å². The van der Waals surface area contributed by atoms with E-state index in [2.05, 4.69) is 5.32 Å². The number of benzene rings is 3. The molecule has 2 aliphatic rings. The Bertz CT molecular complexity index is 1410. The molecule has 2 amide bonds. The maximum Gasteiger partial charge on any atom is 0.263 e. The third kappa shape index (κ3) is 6.30. The molecule has 3 aromatic rings. The fourth-order valence-corrected chi connectivity index (χ4v) is 6.06. The number of ether oxygens (including phenoxy) is 2. The van der Waals surface area contributed by atoms with E-state index in [1.165, 1.54) is 4.31 Å². The first-order chi connectivity index (χ1) is 18.9. The fraction of sp³-hybridized carbons (Fsp3) is 0.310. The monoisotopic (exact) mass is 549 g/mol. The normalized spacial score (nSPS) is 17.6. The van der Waals surface area contributed by atoms with E-state index < -0.39 is 16.1 Å². The molecule has 204 valence electrons. The first kappa shape index (κ1) is 26.9. The molecule has 0 unspecified atom stereocenters. The van der Waals surface area contributed by atoms with Crippen LogP contribution in [0.5, 0.6) is 5.75 Å². The van der Waals surface area contributed by atoms with Crippen LogP contribution in [0.15, 0.2) is 83.8 Å². The summed E-state index contributed by atoms with van der Waals surface area (Å²) in [6, 6.07) is 23.4. The number of carbonyl (C=O) groups excluding carboxylic acids is 2. The van der Waals surface area contributed by atoms with E-state index in [1.54, 1.807) is 47.4 Å². The average Bonchev–Trinajstić information content (AvgIpc) is 2.99. The van der Waals surface area contributed by atoms with Gasteiger partial charge in [-0.3, -0.25) is 9.59 Å². The number of nitrogens with one attached hydrogen (secondary N) is 1. The van der Waals surface area contributed by atoms with Crippen molar-refractivity contribution in [1.82, 2.24) is 9.62 Å². The molecule has 1 fully saturated rings. The van der Waals surface area contributed by atoms with Crippen molar-refractivity contribution in [3.63, 3.8) is 0 Å². The molecular formula is C29H31N3O6S. The Morgan fingerprint density at radius 1 is 0.872 bits per heavy atom. The van der Waals surface area contributed by atoms with Crippen molar-refractivity contribution in [2.45, 2.75) is 30.4 Å². The summed E-state index contributed by atoms with van der Waals surface area (Å²) in [6.07, 6.45) is -0.208. The lowest BCUT2D eigenvalue weighted by Gasteiger charge is -2.34. The van der Waals surface area contributed by atoms with Gasteiger partial charge in [-0.05, 0) is 41.8 Å². The summed E-state index contributed by atoms with van der Waals surface area (Å²) in [4.78, 5) is 28.1. The van der Waals surface area contributed by atoms with Crippen LogP contribution in [0, 0.1) is 0 Å². The van der Waals surface area contributed by atoms with Crippen molar-refractivity contribution in [3.05, 3.63) is 90.0 Å². The van der Waals surface area contributed by atoms with Gasteiger partial charge in [0, 0.05) is 26.1 Å². The minimum absolute atomic E-state index is 0.104. The molecule has 0 bridgehead atoms. The number of rotatable bonds is 8. The molecule has 0 saturated carbocycles. The van der Waals surface area contributed by atoms with Crippen LogP contribution in [0.1, 0.15) is 17.5 Å². The maximum absolute atomic E-state index is 13.3. The van der Waals surface area contributed by atoms with Crippen LogP contribution in [-0.4, -0.2) is 63.5 Å². The van der Waals surface area contributed by atoms with Gasteiger partial charge in [0.15, 0.2) is 6.10 Å². The second-order valence-corrected chi connectivity index (χ2v) is 11.4. The summed E-state index contributed by atoms with van der Waals surface area (Å²) in [5.74, 6) is 0.0504. The minimum atomic E-state index is -3.57. The van der Waals surface area contributed by atoms with E-state index in [4.69, 9.17) is 9.47 Å². The van der Waals surface area contributed by atoms with Crippen LogP contribution in [-0.2, 0) is 37.3 Å². The lowest BCUT2D eigenvalue weighted by Crippen LogP contribution is -2.50. The molecule has 3 aromatic carbocycles. The van der Waals surface area contributed by atoms with E-state index in [-0.39, 0.29) is 29.7 Å². The first-order valence-electron chi connectivity index (χ1n) is 13.0. The summed E-state index contributed by atoms with van der Waals surface area (Å²) in [6.45, 7) is 1.93. The number of morpholine rings is 1. The van der Waals surface area contributed by atoms with Crippen molar-refractivity contribution in [3.8, 4) is 5.75 Å². The molecule has 5 rings (SSSR count). The molecular weight excluding hydrogens is 518 g/mol. The van der Waals surface area contributed by atoms with Crippen LogP contribution in [0.4, 0.5) is 5.69 Å². The zero-order valence-electron chi connectivity index (χ0n) is 21.5. The Morgan fingerprint density at radius 3 is 2.31 bits per heavy atom. The highest BCUT2D eigenvalue weighted by molar-refractivity contribution is 7.89. The van der Waals surface area contributed by atoms with Gasteiger partial charge in [-0.25, -0.2) is 8.42 Å². The number of aryl methyl sites for hydroxylation is 1. The molecule has 1 N–H and O–H groups in total. The molecule has 9 nitrogen and oxygen atoms in total. The first-order valence-corrected chi connectivity index (χ1v) is 14.4. The van der Waals surface area contributed by atoms with Crippen molar-refractivity contribution < 1.29 is 27.5 Å². The Hall–Kier alpha value is -3.73. The number of fused-ring (bicyclic) bond motifs is 1. The summed E-state index contributed by atoms with van der Waals surface area (Å²) < 4.78 is 38.4. The number of para-hydroxylation sites is 2. The summed E-state index contributed by atoms with van der Waals surface area (Å²) in [7, 11) is -3.57. The number of hydrogen-bond acceptors (Lipinski definition) is 6. The Balaban J connectivity index is 1.22. The van der Waals surface area contributed by atoms with Crippen LogP contribution >= 0.6 is 0 Å². The van der Waals surface area contributed by atoms with Crippen molar-refractivity contribution >= 4 is 27.5 Å². The standard InChI is InChI=1S/C29H31N3O6S/c33-28(15-12-22-10-13-24(14-11-22)39(35,36)31-16-18-37-19-17-31)32-21-27(38-26-9-5-4-8-25(26)32)29(34)30-20-23-6-2-1-3-7-23/h1-11,13-14,27H,12,15-21H2,(H,30,34)/t27-/m1/s1. The molecule has 0 radical (unpaired) electrons. The molecule has 10 heteroatoms. The summed E-state index contributed by atoms with van der Waals surface area (Å²) >= 11 is 0. The van der Waals surface area contributed by atoms with Crippen LogP contribution in [0.3, 0.4) is 0 Å². The number of amides is 2. The van der Waals surface area contributed by atoms with E-state index >= 15 is 0 Å². The van der Waals surface area contributed by atoms with Gasteiger partial charge in [0.2, 0.25) is 15.9 Å². The Kier molecular flexibility index (Phi) is 8.25. The minimum Gasteiger partial charge on any atom is -0.477 e. The van der Waals surface area contributed by atoms with Gasteiger partial charge < -0.3 is 19.7 Å². The molecule has 0 aliphatic carbocycles. The number of nitrogens with zero attached hydrogens (tertiary/aromatic N) is 2. The van der Waals surface area contributed by atoms with Gasteiger partial charge in [0.25, 0.3) is 5.91 Å². The molecule has 39 heavy (non-hydrogen) atoms. The number of hydrogen-bond donors (Lipinski definition) is 1. The van der Waals surface area contributed by atoms with E-state index in [0.29, 0.717) is 50.7 Å². The van der Waals surface area contributed by atoms with Crippen molar-refractivity contribution in [1.29, 1.82) is 0 Å². The number of sulfonamides is 1. The van der Waals surface area contributed by atoms with E-state index in [0.717, 1.165) is 11.1 Å². The largest absolute Gasteiger partial charge is 0.477 e. The van der Waals surface area contributed by atoms with Gasteiger partial charge in [-0.2, -0.15) is 4.31 Å². The lowest BCUT2D eigenvalue weighted by molar-refractivity contribution is -0.128. The second-order valence-electron chi connectivity index (χ2n) is 9.44. The number of carbonyl (C=O) groups is 2. The second kappa shape index (κ2) is 12.0. The highest BCUT2D eigenvalue weighted by Gasteiger charge is 2.33. The highest BCUT2D eigenvalue weighted by Crippen LogP contribution is 2.33. The SMILES string of the molecule is O=C(NCc1ccccc1)[C@H]1CN(C(=O)CCc2ccc(S(=O)(=O)N3CCOCC3)cc2)c2ccccc2O1. The Labute approximate surface area is 228 Å². The smallest absolute Gasteiger partial charge is 0.263 e. The van der Waals surface area contributed by atoms with Gasteiger partial charge >= 0.3 is 0 Å². The molecule has 0 spiro atoms. The van der Waals surface area contributed by atoms with Gasteiger partial charge in [0.05, 0.1) is 30.3 Å². The molecule has 2 aliphatic heterocycles. The quantitative estimate of drug-likeness (QED) is 0.463. The van der Waals surface area contributed by atoms with Crippen molar-refractivity contribution in [2.24, 2.45) is 0 Å². The summed E-state index contributed by atoms with van der Waals surface area (Å²) in [5.41, 5.74) is 2.45. The maximum atomic E-state index is 13.3. The van der Waals surface area contributed by atoms with E-state index in [1.807, 2.05) is 36.4 Å². The van der Waals surface area contributed by atoms with Gasteiger partial charge in [-0.15, -0.1) is 0 Å². The molecule has 2 heterocycles. The molecule has 1 atom stereocenters. The average molecular weight is 550 g/mol. The Morgan fingerprint density at radius 2 is 1.56 bits per heavy atom. The van der Waals surface area contributed by atoms with Crippen LogP contribution in [0.2, 0.25) is 0 Å². The van der Waals surface area contributed by atoms with E-state index in [9.17, 15) is 18.0 Å². The number of anilines is 1. The van der Waals surface area contributed by atoms with Crippen LogP contribution in [0.25, 0.3) is 0 Å². The molecule has 1 saturated heterocycles. The van der Waals surface area contributed by atoms with Crippen LogP contribution < -0.4 is 15.0 Å². The fourth-order valence-electron chi connectivity index (χ4n) is 4.66.